The second kappa shape index (κ2) is 9.34. The summed E-state index contributed by atoms with van der Waals surface area (Å²) in [5.41, 5.74) is 0.0540. The summed E-state index contributed by atoms with van der Waals surface area (Å²) in [5.74, 6) is -0.437. The third-order valence-corrected chi connectivity index (χ3v) is 8.80. The molecular formula is C20H24O8S2. The number of fused-ring (bicyclic) bond motifs is 1. The van der Waals surface area contributed by atoms with Gasteiger partial charge in [-0.3, -0.25) is 0 Å². The summed E-state index contributed by atoms with van der Waals surface area (Å²) in [6.45, 7) is -0.0536. The van der Waals surface area contributed by atoms with Crippen LogP contribution in [0.5, 0.6) is 11.5 Å². The van der Waals surface area contributed by atoms with Crippen molar-refractivity contribution in [3.63, 3.8) is 0 Å². The largest absolute Gasteiger partial charge is 0.493 e. The van der Waals surface area contributed by atoms with E-state index in [1.165, 1.54) is 24.3 Å². The van der Waals surface area contributed by atoms with Crippen LogP contribution in [-0.4, -0.2) is 59.2 Å². The third-order valence-electron chi connectivity index (χ3n) is 4.69. The lowest BCUT2D eigenvalue weighted by Crippen LogP contribution is -2.16. The second-order valence-electron chi connectivity index (χ2n) is 6.78. The first-order valence-corrected chi connectivity index (χ1v) is 12.7. The molecule has 0 spiro atoms. The van der Waals surface area contributed by atoms with Gasteiger partial charge >= 0.3 is 0 Å². The van der Waals surface area contributed by atoms with Crippen molar-refractivity contribution in [3.05, 3.63) is 48.0 Å². The van der Waals surface area contributed by atoms with Gasteiger partial charge in [0.05, 0.1) is 23.9 Å². The van der Waals surface area contributed by atoms with Crippen molar-refractivity contribution in [1.82, 2.24) is 0 Å². The molecule has 1 heterocycles. The smallest absolute Gasteiger partial charge is 0.186 e. The molecule has 0 saturated carbocycles. The van der Waals surface area contributed by atoms with Gasteiger partial charge in [0.25, 0.3) is 0 Å². The fraction of sp³-hybridized carbons (Fsp3) is 0.400. The van der Waals surface area contributed by atoms with Crippen molar-refractivity contribution < 1.29 is 36.5 Å². The van der Waals surface area contributed by atoms with Gasteiger partial charge in [0.15, 0.2) is 19.7 Å². The van der Waals surface area contributed by atoms with Gasteiger partial charge in [-0.15, -0.1) is 0 Å². The molecule has 3 rings (SSSR count). The lowest BCUT2D eigenvalue weighted by molar-refractivity contribution is 0.226. The van der Waals surface area contributed by atoms with E-state index in [0.29, 0.717) is 12.8 Å². The molecule has 30 heavy (non-hydrogen) atoms. The van der Waals surface area contributed by atoms with Crippen molar-refractivity contribution in [3.8, 4) is 11.5 Å². The summed E-state index contributed by atoms with van der Waals surface area (Å²) in [5, 5.41) is 16.6. The van der Waals surface area contributed by atoms with Gasteiger partial charge in [0.1, 0.15) is 21.6 Å². The molecule has 0 aliphatic carbocycles. The zero-order chi connectivity index (χ0) is 21.8. The zero-order valence-corrected chi connectivity index (χ0v) is 17.9. The third kappa shape index (κ3) is 4.46. The van der Waals surface area contributed by atoms with Crippen LogP contribution in [0.15, 0.2) is 52.3 Å². The van der Waals surface area contributed by atoms with Crippen LogP contribution in [-0.2, 0) is 19.7 Å². The number of aliphatic hydroxyl groups excluding tert-OH is 2. The summed E-state index contributed by atoms with van der Waals surface area (Å²) < 4.78 is 63.8. The SMILES string of the molecule is O=S1(=O)CC(S(=O)(=O)c2ccccc2)c2c(OCCCO)ccc(OCCCO)c21. The maximum atomic E-state index is 13.3. The monoisotopic (exact) mass is 456 g/mol. The number of hydrogen-bond acceptors (Lipinski definition) is 8. The molecule has 2 N–H and O–H groups in total. The van der Waals surface area contributed by atoms with E-state index in [4.69, 9.17) is 19.7 Å². The molecule has 10 heteroatoms. The van der Waals surface area contributed by atoms with E-state index >= 15 is 0 Å². The lowest BCUT2D eigenvalue weighted by Gasteiger charge is -2.18. The summed E-state index contributed by atoms with van der Waals surface area (Å²) >= 11 is 0. The second-order valence-corrected chi connectivity index (χ2v) is 10.9. The van der Waals surface area contributed by atoms with Gasteiger partial charge in [0, 0.05) is 31.6 Å². The summed E-state index contributed by atoms with van der Waals surface area (Å²) in [6, 6.07) is 10.6. The quantitative estimate of drug-likeness (QED) is 0.515. The summed E-state index contributed by atoms with van der Waals surface area (Å²) in [7, 11) is -7.99. The van der Waals surface area contributed by atoms with Crippen molar-refractivity contribution in [2.75, 3.05) is 32.2 Å². The maximum Gasteiger partial charge on any atom is 0.186 e. The predicted octanol–water partition coefficient (Wildman–Crippen LogP) is 1.51. The molecule has 2 aromatic rings. The molecule has 8 nitrogen and oxygen atoms in total. The molecule has 0 bridgehead atoms. The molecule has 0 saturated heterocycles. The molecular weight excluding hydrogens is 432 g/mol. The zero-order valence-electron chi connectivity index (χ0n) is 16.2. The van der Waals surface area contributed by atoms with Crippen molar-refractivity contribution in [2.24, 2.45) is 0 Å². The van der Waals surface area contributed by atoms with Crippen LogP contribution in [0.3, 0.4) is 0 Å². The first-order chi connectivity index (χ1) is 14.3. The van der Waals surface area contributed by atoms with Crippen LogP contribution >= 0.6 is 0 Å². The van der Waals surface area contributed by atoms with Gasteiger partial charge in [0.2, 0.25) is 0 Å². The Hall–Kier alpha value is -2.14. The first kappa shape index (κ1) is 22.5. The van der Waals surface area contributed by atoms with E-state index in [9.17, 15) is 16.8 Å². The van der Waals surface area contributed by atoms with Gasteiger partial charge in [-0.05, 0) is 24.3 Å². The van der Waals surface area contributed by atoms with Crippen LogP contribution in [0, 0.1) is 0 Å². The van der Waals surface area contributed by atoms with Crippen LogP contribution in [0.2, 0.25) is 0 Å². The number of rotatable bonds is 10. The normalized spacial score (nSPS) is 17.5. The van der Waals surface area contributed by atoms with E-state index in [2.05, 4.69) is 0 Å². The van der Waals surface area contributed by atoms with E-state index in [1.807, 2.05) is 0 Å². The highest BCUT2D eigenvalue weighted by Crippen LogP contribution is 2.49. The number of sulfone groups is 2. The molecule has 1 aliphatic heterocycles. The van der Waals surface area contributed by atoms with E-state index in [1.54, 1.807) is 18.2 Å². The summed E-state index contributed by atoms with van der Waals surface area (Å²) in [6.07, 6.45) is 0.613. The fourth-order valence-corrected chi connectivity index (χ4v) is 7.79. The predicted molar refractivity (Wildman–Crippen MR) is 109 cm³/mol. The highest BCUT2D eigenvalue weighted by molar-refractivity contribution is 7.96. The minimum Gasteiger partial charge on any atom is -0.493 e. The topological polar surface area (TPSA) is 127 Å². The lowest BCUT2D eigenvalue weighted by atomic mass is 10.1. The average molecular weight is 457 g/mol. The Morgan fingerprint density at radius 1 is 0.900 bits per heavy atom. The van der Waals surface area contributed by atoms with Gasteiger partial charge in [-0.1, -0.05) is 18.2 Å². The Labute approximate surface area is 175 Å². The van der Waals surface area contributed by atoms with Crippen LogP contribution in [0.4, 0.5) is 0 Å². The van der Waals surface area contributed by atoms with E-state index < -0.39 is 30.7 Å². The maximum absolute atomic E-state index is 13.3. The Morgan fingerprint density at radius 3 is 2.07 bits per heavy atom. The number of hydrogen-bond donors (Lipinski definition) is 2. The van der Waals surface area contributed by atoms with Gasteiger partial charge < -0.3 is 19.7 Å². The van der Waals surface area contributed by atoms with Gasteiger partial charge in [-0.25, -0.2) is 16.8 Å². The Bertz CT molecular complexity index is 1080. The minimum absolute atomic E-state index is 0.0194. The van der Waals surface area contributed by atoms with Crippen molar-refractivity contribution in [2.45, 2.75) is 27.9 Å². The van der Waals surface area contributed by atoms with Crippen LogP contribution in [0.25, 0.3) is 0 Å². The molecule has 164 valence electrons. The molecule has 0 aromatic heterocycles. The molecule has 1 unspecified atom stereocenters. The average Bonchev–Trinajstić information content (AvgIpc) is 3.03. The van der Waals surface area contributed by atoms with Gasteiger partial charge in [-0.2, -0.15) is 0 Å². The first-order valence-electron chi connectivity index (χ1n) is 9.49. The Balaban J connectivity index is 2.14. The summed E-state index contributed by atoms with van der Waals surface area (Å²) in [4.78, 5) is -0.169. The van der Waals surface area contributed by atoms with Crippen molar-refractivity contribution in [1.29, 1.82) is 0 Å². The van der Waals surface area contributed by atoms with E-state index in [-0.39, 0.29) is 53.3 Å². The Morgan fingerprint density at radius 2 is 1.47 bits per heavy atom. The highest BCUT2D eigenvalue weighted by Gasteiger charge is 2.47. The van der Waals surface area contributed by atoms with Crippen LogP contribution < -0.4 is 9.47 Å². The molecule has 1 aliphatic rings. The molecule has 2 aromatic carbocycles. The number of ether oxygens (including phenoxy) is 2. The van der Waals surface area contributed by atoms with Crippen LogP contribution in [0.1, 0.15) is 23.7 Å². The highest BCUT2D eigenvalue weighted by atomic mass is 32.2. The Kier molecular flexibility index (Phi) is 7.02. The number of aliphatic hydroxyl groups is 2. The number of benzene rings is 2. The fourth-order valence-electron chi connectivity index (χ4n) is 3.31. The molecule has 1 atom stereocenters. The standard InChI is InChI=1S/C20H24O8S2/c21-10-4-12-27-16-8-9-17(28-13-5-11-22)20-19(16)18(14-29(20,23)24)30(25,26)15-6-2-1-3-7-15/h1-3,6-9,18,21-22H,4-5,10-14H2. The molecule has 0 radical (unpaired) electrons. The minimum atomic E-state index is -4.02. The molecule has 0 amide bonds. The van der Waals surface area contributed by atoms with Crippen molar-refractivity contribution >= 4 is 19.7 Å². The molecule has 0 fully saturated rings. The van der Waals surface area contributed by atoms with E-state index in [0.717, 1.165) is 0 Å².